The van der Waals surface area contributed by atoms with Gasteiger partial charge < -0.3 is 4.84 Å². The standard InChI is InChI=1S/C5H4N2O/c6-5-7-3-1-2-4-8-7/h1-4H. The van der Waals surface area contributed by atoms with Crippen molar-refractivity contribution in [3.05, 3.63) is 24.6 Å². The number of nitriles is 1. The second-order valence-corrected chi connectivity index (χ2v) is 1.20. The van der Waals surface area contributed by atoms with Crippen LogP contribution in [-0.4, -0.2) is 5.06 Å². The zero-order valence-corrected chi connectivity index (χ0v) is 4.11. The van der Waals surface area contributed by atoms with Gasteiger partial charge in [-0.3, -0.25) is 0 Å². The molecule has 0 atom stereocenters. The molecule has 0 aromatic carbocycles. The molecule has 1 heterocycles. The van der Waals surface area contributed by atoms with Gasteiger partial charge in [0.05, 0.1) is 6.20 Å². The summed E-state index contributed by atoms with van der Waals surface area (Å²) in [6.07, 6.45) is 8.16. The molecular formula is C5H4N2O. The molecule has 8 heavy (non-hydrogen) atoms. The molecule has 0 N–H and O–H groups in total. The van der Waals surface area contributed by atoms with E-state index in [1.807, 2.05) is 0 Å². The minimum absolute atomic E-state index is 1.06. The third-order valence-electron chi connectivity index (χ3n) is 0.684. The van der Waals surface area contributed by atoms with Crippen molar-refractivity contribution >= 4 is 0 Å². The van der Waals surface area contributed by atoms with Crippen LogP contribution in [0.5, 0.6) is 0 Å². The maximum atomic E-state index is 8.16. The van der Waals surface area contributed by atoms with Crippen LogP contribution < -0.4 is 0 Å². The first-order chi connectivity index (χ1) is 3.93. The molecule has 0 radical (unpaired) electrons. The number of nitrogens with zero attached hydrogens (tertiary/aromatic N) is 2. The molecule has 0 aromatic heterocycles. The van der Waals surface area contributed by atoms with Gasteiger partial charge in [0.2, 0.25) is 6.19 Å². The Morgan fingerprint density at radius 2 is 2.38 bits per heavy atom. The zero-order valence-electron chi connectivity index (χ0n) is 4.11. The largest absolute Gasteiger partial charge is 0.374 e. The Labute approximate surface area is 47.0 Å². The molecule has 0 aliphatic carbocycles. The van der Waals surface area contributed by atoms with Crippen LogP contribution >= 0.6 is 0 Å². The predicted octanol–water partition coefficient (Wildman–Crippen LogP) is 0.742. The average Bonchev–Trinajstić information content (AvgIpc) is 1.90. The van der Waals surface area contributed by atoms with E-state index in [4.69, 9.17) is 5.26 Å². The zero-order chi connectivity index (χ0) is 5.82. The van der Waals surface area contributed by atoms with Crippen LogP contribution in [-0.2, 0) is 4.84 Å². The average molecular weight is 108 g/mol. The Morgan fingerprint density at radius 1 is 1.50 bits per heavy atom. The summed E-state index contributed by atoms with van der Waals surface area (Å²) in [6, 6.07) is 0. The quantitative estimate of drug-likeness (QED) is 0.429. The van der Waals surface area contributed by atoms with Gasteiger partial charge in [-0.25, -0.2) is 0 Å². The van der Waals surface area contributed by atoms with E-state index >= 15 is 0 Å². The molecule has 0 aromatic rings. The van der Waals surface area contributed by atoms with Crippen LogP contribution in [0.15, 0.2) is 24.6 Å². The van der Waals surface area contributed by atoms with Crippen LogP contribution in [0.25, 0.3) is 0 Å². The molecule has 3 nitrogen and oxygen atoms in total. The molecule has 0 fully saturated rings. The SMILES string of the molecule is N#CN1C=CC=CO1. The molecule has 1 rings (SSSR count). The molecule has 1 aliphatic rings. The fourth-order valence-electron chi connectivity index (χ4n) is 0.366. The molecule has 1 aliphatic heterocycles. The Kier molecular flexibility index (Phi) is 1.20. The fourth-order valence-corrected chi connectivity index (χ4v) is 0.366. The Morgan fingerprint density at radius 3 is 2.75 bits per heavy atom. The van der Waals surface area contributed by atoms with E-state index < -0.39 is 0 Å². The van der Waals surface area contributed by atoms with E-state index in [1.165, 1.54) is 12.5 Å². The number of allylic oxidation sites excluding steroid dienone is 2. The second-order valence-electron chi connectivity index (χ2n) is 1.20. The van der Waals surface area contributed by atoms with Crippen LogP contribution in [0.3, 0.4) is 0 Å². The van der Waals surface area contributed by atoms with Crippen LogP contribution in [0.1, 0.15) is 0 Å². The lowest BCUT2D eigenvalue weighted by molar-refractivity contribution is -0.00263. The fraction of sp³-hybridized carbons (Fsp3) is 0. The molecule has 0 saturated heterocycles. The summed E-state index contributed by atoms with van der Waals surface area (Å²) in [7, 11) is 0. The van der Waals surface area contributed by atoms with Crippen molar-refractivity contribution < 1.29 is 4.84 Å². The summed E-state index contributed by atoms with van der Waals surface area (Å²) in [5.41, 5.74) is 0. The van der Waals surface area contributed by atoms with Crippen LogP contribution in [0.4, 0.5) is 0 Å². The van der Waals surface area contributed by atoms with Gasteiger partial charge in [-0.2, -0.15) is 5.26 Å². The molecule has 0 saturated carbocycles. The van der Waals surface area contributed by atoms with Crippen molar-refractivity contribution in [3.8, 4) is 6.19 Å². The molecule has 0 bridgehead atoms. The van der Waals surface area contributed by atoms with Gasteiger partial charge >= 0.3 is 0 Å². The summed E-state index contributed by atoms with van der Waals surface area (Å²) in [4.78, 5) is 4.63. The maximum Gasteiger partial charge on any atom is 0.220 e. The Bertz CT molecular complexity index is 166. The first kappa shape index (κ1) is 4.72. The first-order valence-electron chi connectivity index (χ1n) is 2.12. The Balaban J connectivity index is 2.55. The van der Waals surface area contributed by atoms with Gasteiger partial charge in [-0.05, 0) is 12.2 Å². The molecule has 40 valence electrons. The van der Waals surface area contributed by atoms with Gasteiger partial charge in [-0.15, -0.1) is 5.06 Å². The van der Waals surface area contributed by atoms with Gasteiger partial charge in [0.1, 0.15) is 6.26 Å². The number of hydroxylamine groups is 2. The van der Waals surface area contributed by atoms with Crippen molar-refractivity contribution in [2.45, 2.75) is 0 Å². The molecule has 3 heteroatoms. The minimum atomic E-state index is 1.06. The smallest absolute Gasteiger partial charge is 0.220 e. The van der Waals surface area contributed by atoms with E-state index in [0.29, 0.717) is 0 Å². The molecule has 0 unspecified atom stereocenters. The summed E-state index contributed by atoms with van der Waals surface area (Å²) < 4.78 is 0. The van der Waals surface area contributed by atoms with Gasteiger partial charge in [-0.1, -0.05) is 0 Å². The highest BCUT2D eigenvalue weighted by atomic mass is 16.7. The van der Waals surface area contributed by atoms with Gasteiger partial charge in [0.25, 0.3) is 0 Å². The van der Waals surface area contributed by atoms with Crippen LogP contribution in [0, 0.1) is 11.5 Å². The lowest BCUT2D eigenvalue weighted by Crippen LogP contribution is -2.07. The summed E-state index contributed by atoms with van der Waals surface area (Å²) in [6.45, 7) is 0. The van der Waals surface area contributed by atoms with E-state index in [2.05, 4.69) is 4.84 Å². The van der Waals surface area contributed by atoms with Crippen molar-refractivity contribution in [1.29, 1.82) is 5.26 Å². The third kappa shape index (κ3) is 0.793. The lowest BCUT2D eigenvalue weighted by atomic mass is 10.6. The third-order valence-corrected chi connectivity index (χ3v) is 0.684. The number of hydrogen-bond donors (Lipinski definition) is 0. The Hall–Kier alpha value is -1.43. The van der Waals surface area contributed by atoms with E-state index in [-0.39, 0.29) is 0 Å². The maximum absolute atomic E-state index is 8.16. The summed E-state index contributed by atoms with van der Waals surface area (Å²) >= 11 is 0. The number of hydrogen-bond acceptors (Lipinski definition) is 3. The summed E-state index contributed by atoms with van der Waals surface area (Å²) in [5.74, 6) is 0. The minimum Gasteiger partial charge on any atom is -0.374 e. The van der Waals surface area contributed by atoms with E-state index in [9.17, 15) is 0 Å². The highest BCUT2D eigenvalue weighted by Gasteiger charge is 1.93. The second kappa shape index (κ2) is 2.03. The normalized spacial score (nSPS) is 15.1. The van der Waals surface area contributed by atoms with E-state index in [1.54, 1.807) is 18.3 Å². The molecular weight excluding hydrogens is 104 g/mol. The molecule has 0 amide bonds. The van der Waals surface area contributed by atoms with Crippen molar-refractivity contribution in [1.82, 2.24) is 5.06 Å². The highest BCUT2D eigenvalue weighted by molar-refractivity contribution is 5.03. The molecule has 0 spiro atoms. The van der Waals surface area contributed by atoms with E-state index in [0.717, 1.165) is 5.06 Å². The van der Waals surface area contributed by atoms with Crippen molar-refractivity contribution in [2.75, 3.05) is 0 Å². The van der Waals surface area contributed by atoms with Crippen molar-refractivity contribution in [3.63, 3.8) is 0 Å². The highest BCUT2D eigenvalue weighted by Crippen LogP contribution is 1.96. The van der Waals surface area contributed by atoms with Gasteiger partial charge in [0.15, 0.2) is 0 Å². The van der Waals surface area contributed by atoms with Crippen molar-refractivity contribution in [2.24, 2.45) is 0 Å². The summed E-state index contributed by atoms with van der Waals surface area (Å²) in [5, 5.41) is 9.21. The first-order valence-corrected chi connectivity index (χ1v) is 2.12. The van der Waals surface area contributed by atoms with Gasteiger partial charge in [0, 0.05) is 0 Å². The topological polar surface area (TPSA) is 36.3 Å². The predicted molar refractivity (Wildman–Crippen MR) is 26.8 cm³/mol. The lowest BCUT2D eigenvalue weighted by Gasteiger charge is -2.08. The number of rotatable bonds is 0. The monoisotopic (exact) mass is 108 g/mol. The van der Waals surface area contributed by atoms with Crippen LogP contribution in [0.2, 0.25) is 0 Å².